The summed E-state index contributed by atoms with van der Waals surface area (Å²) in [7, 11) is 0. The molecule has 1 aromatic carbocycles. The molecule has 6 heteroatoms. The zero-order chi connectivity index (χ0) is 14.4. The normalized spacial score (nSPS) is 10.4. The monoisotopic (exact) mass is 270 g/mol. The maximum absolute atomic E-state index is 13.3. The first kappa shape index (κ1) is 15.1. The molecule has 1 rings (SSSR count). The van der Waals surface area contributed by atoms with E-state index in [2.05, 4.69) is 10.6 Å². The van der Waals surface area contributed by atoms with Crippen molar-refractivity contribution in [3.8, 4) is 0 Å². The van der Waals surface area contributed by atoms with Gasteiger partial charge in [0.1, 0.15) is 11.6 Å². The van der Waals surface area contributed by atoms with E-state index in [-0.39, 0.29) is 30.5 Å². The highest BCUT2D eigenvalue weighted by Crippen LogP contribution is 2.09. The summed E-state index contributed by atoms with van der Waals surface area (Å²) in [6, 6.07) is 2.73. The lowest BCUT2D eigenvalue weighted by atomic mass is 10.2. The summed E-state index contributed by atoms with van der Waals surface area (Å²) in [6.07, 6.45) is 0.104. The molecule has 0 spiro atoms. The summed E-state index contributed by atoms with van der Waals surface area (Å²) in [5.74, 6) is -2.54. The van der Waals surface area contributed by atoms with Gasteiger partial charge in [0.25, 0.3) is 5.91 Å². The van der Waals surface area contributed by atoms with Crippen molar-refractivity contribution in [2.75, 3.05) is 6.54 Å². The number of benzene rings is 1. The van der Waals surface area contributed by atoms with E-state index >= 15 is 0 Å². The Kier molecular flexibility index (Phi) is 5.41. The SMILES string of the molecule is CC(C)NC(=O)CCNC(=O)c1ccc(F)cc1F. The molecule has 2 N–H and O–H groups in total. The Bertz CT molecular complexity index is 476. The Labute approximate surface area is 110 Å². The molecule has 0 radical (unpaired) electrons. The molecule has 4 nitrogen and oxygen atoms in total. The highest BCUT2D eigenvalue weighted by molar-refractivity contribution is 5.94. The highest BCUT2D eigenvalue weighted by atomic mass is 19.1. The van der Waals surface area contributed by atoms with Gasteiger partial charge >= 0.3 is 0 Å². The lowest BCUT2D eigenvalue weighted by molar-refractivity contribution is -0.121. The average molecular weight is 270 g/mol. The van der Waals surface area contributed by atoms with Crippen LogP contribution in [-0.2, 0) is 4.79 Å². The van der Waals surface area contributed by atoms with Crippen LogP contribution in [0.5, 0.6) is 0 Å². The van der Waals surface area contributed by atoms with Crippen molar-refractivity contribution >= 4 is 11.8 Å². The Morgan fingerprint density at radius 1 is 1.26 bits per heavy atom. The fourth-order valence-corrected chi connectivity index (χ4v) is 1.45. The van der Waals surface area contributed by atoms with Gasteiger partial charge in [0.2, 0.25) is 5.91 Å². The lowest BCUT2D eigenvalue weighted by Gasteiger charge is -2.09. The van der Waals surface area contributed by atoms with Gasteiger partial charge in [-0.15, -0.1) is 0 Å². The second kappa shape index (κ2) is 6.82. The summed E-state index contributed by atoms with van der Waals surface area (Å²) in [5, 5.41) is 5.06. The number of carbonyl (C=O) groups is 2. The molecule has 0 atom stereocenters. The smallest absolute Gasteiger partial charge is 0.254 e. The number of hydrogen-bond acceptors (Lipinski definition) is 2. The van der Waals surface area contributed by atoms with Crippen LogP contribution in [0.4, 0.5) is 8.78 Å². The summed E-state index contributed by atoms with van der Waals surface area (Å²) in [5.41, 5.74) is -0.245. The molecule has 0 unspecified atom stereocenters. The van der Waals surface area contributed by atoms with Crippen LogP contribution in [0.25, 0.3) is 0 Å². The first-order valence-corrected chi connectivity index (χ1v) is 5.92. The molecule has 0 aliphatic rings. The molecule has 104 valence electrons. The minimum absolute atomic E-state index is 0.0257. The van der Waals surface area contributed by atoms with E-state index in [0.717, 1.165) is 12.1 Å². The van der Waals surface area contributed by atoms with Crippen molar-refractivity contribution in [1.82, 2.24) is 10.6 Å². The Hall–Kier alpha value is -1.98. The van der Waals surface area contributed by atoms with Crippen LogP contribution in [0.15, 0.2) is 18.2 Å². The number of carbonyl (C=O) groups excluding carboxylic acids is 2. The van der Waals surface area contributed by atoms with Crippen LogP contribution < -0.4 is 10.6 Å². The topological polar surface area (TPSA) is 58.2 Å². The van der Waals surface area contributed by atoms with E-state index in [1.54, 1.807) is 0 Å². The van der Waals surface area contributed by atoms with E-state index in [4.69, 9.17) is 0 Å². The molecule has 0 saturated heterocycles. The van der Waals surface area contributed by atoms with Gasteiger partial charge in [0.15, 0.2) is 0 Å². The number of rotatable bonds is 5. The van der Waals surface area contributed by atoms with Crippen molar-refractivity contribution in [2.45, 2.75) is 26.3 Å². The van der Waals surface area contributed by atoms with Gasteiger partial charge in [-0.25, -0.2) is 8.78 Å². The maximum Gasteiger partial charge on any atom is 0.254 e. The average Bonchev–Trinajstić information content (AvgIpc) is 2.27. The van der Waals surface area contributed by atoms with Gasteiger partial charge in [-0.1, -0.05) is 0 Å². The third kappa shape index (κ3) is 5.03. The van der Waals surface area contributed by atoms with Gasteiger partial charge in [0, 0.05) is 25.1 Å². The molecule has 0 aliphatic carbocycles. The fourth-order valence-electron chi connectivity index (χ4n) is 1.45. The third-order valence-corrected chi connectivity index (χ3v) is 2.26. The molecule has 0 heterocycles. The van der Waals surface area contributed by atoms with Gasteiger partial charge in [0.05, 0.1) is 5.56 Å². The van der Waals surface area contributed by atoms with E-state index in [9.17, 15) is 18.4 Å². The largest absolute Gasteiger partial charge is 0.354 e. The molecular weight excluding hydrogens is 254 g/mol. The van der Waals surface area contributed by atoms with Gasteiger partial charge < -0.3 is 10.6 Å². The molecule has 0 saturated carbocycles. The van der Waals surface area contributed by atoms with Crippen molar-refractivity contribution < 1.29 is 18.4 Å². The molecule has 1 aromatic rings. The lowest BCUT2D eigenvalue weighted by Crippen LogP contribution is -2.34. The summed E-state index contributed by atoms with van der Waals surface area (Å²) < 4.78 is 25.9. The Balaban J connectivity index is 2.45. The minimum atomic E-state index is -0.927. The van der Waals surface area contributed by atoms with Crippen molar-refractivity contribution in [2.24, 2.45) is 0 Å². The molecule has 0 fully saturated rings. The van der Waals surface area contributed by atoms with Crippen LogP contribution in [0.3, 0.4) is 0 Å². The van der Waals surface area contributed by atoms with Crippen LogP contribution in [0.2, 0.25) is 0 Å². The Morgan fingerprint density at radius 3 is 2.53 bits per heavy atom. The van der Waals surface area contributed by atoms with E-state index in [0.29, 0.717) is 6.07 Å². The van der Waals surface area contributed by atoms with Gasteiger partial charge in [-0.05, 0) is 26.0 Å². The van der Waals surface area contributed by atoms with E-state index < -0.39 is 17.5 Å². The van der Waals surface area contributed by atoms with Crippen LogP contribution in [0, 0.1) is 11.6 Å². The number of amides is 2. The number of hydrogen-bond donors (Lipinski definition) is 2. The fraction of sp³-hybridized carbons (Fsp3) is 0.385. The second-order valence-corrected chi connectivity index (χ2v) is 4.35. The molecular formula is C13H16F2N2O2. The summed E-state index contributed by atoms with van der Waals surface area (Å²) in [6.45, 7) is 3.74. The van der Waals surface area contributed by atoms with Gasteiger partial charge in [-0.2, -0.15) is 0 Å². The van der Waals surface area contributed by atoms with Crippen molar-refractivity contribution in [1.29, 1.82) is 0 Å². The van der Waals surface area contributed by atoms with Crippen molar-refractivity contribution in [3.05, 3.63) is 35.4 Å². The standard InChI is InChI=1S/C13H16F2N2O2/c1-8(2)17-12(18)5-6-16-13(19)10-4-3-9(14)7-11(10)15/h3-4,7-8H,5-6H2,1-2H3,(H,16,19)(H,17,18). The van der Waals surface area contributed by atoms with Gasteiger partial charge in [-0.3, -0.25) is 9.59 Å². The molecule has 0 bridgehead atoms. The summed E-state index contributed by atoms with van der Waals surface area (Å²) in [4.78, 5) is 22.9. The molecule has 2 amide bonds. The third-order valence-electron chi connectivity index (χ3n) is 2.26. The maximum atomic E-state index is 13.3. The van der Waals surface area contributed by atoms with Crippen LogP contribution >= 0.6 is 0 Å². The highest BCUT2D eigenvalue weighted by Gasteiger charge is 2.12. The number of halogens is 2. The second-order valence-electron chi connectivity index (χ2n) is 4.35. The van der Waals surface area contributed by atoms with Crippen LogP contribution in [-0.4, -0.2) is 24.4 Å². The summed E-state index contributed by atoms with van der Waals surface area (Å²) >= 11 is 0. The van der Waals surface area contributed by atoms with E-state index in [1.807, 2.05) is 13.8 Å². The first-order valence-electron chi connectivity index (χ1n) is 5.92. The van der Waals surface area contributed by atoms with Crippen molar-refractivity contribution in [3.63, 3.8) is 0 Å². The molecule has 0 aromatic heterocycles. The van der Waals surface area contributed by atoms with E-state index in [1.165, 1.54) is 0 Å². The number of nitrogens with one attached hydrogen (secondary N) is 2. The first-order chi connectivity index (χ1) is 8.90. The Morgan fingerprint density at radius 2 is 1.95 bits per heavy atom. The predicted octanol–water partition coefficient (Wildman–Crippen LogP) is 1.61. The zero-order valence-electron chi connectivity index (χ0n) is 10.8. The zero-order valence-corrected chi connectivity index (χ0v) is 10.8. The quantitative estimate of drug-likeness (QED) is 0.854. The molecule has 0 aliphatic heterocycles. The predicted molar refractivity (Wildman–Crippen MR) is 66.6 cm³/mol. The molecule has 19 heavy (non-hydrogen) atoms. The van der Waals surface area contributed by atoms with Crippen LogP contribution in [0.1, 0.15) is 30.6 Å². The minimum Gasteiger partial charge on any atom is -0.354 e.